The number of nitrogens with two attached hydrogens (primary N) is 1. The van der Waals surface area contributed by atoms with Crippen LogP contribution in [-0.2, 0) is 11.2 Å². The highest BCUT2D eigenvalue weighted by Gasteiger charge is 2.21. The van der Waals surface area contributed by atoms with Crippen LogP contribution >= 0.6 is 0 Å². The smallest absolute Gasteiger partial charge is 0.231 e. The van der Waals surface area contributed by atoms with E-state index in [2.05, 4.69) is 40.5 Å². The molecule has 0 atom stereocenters. The number of hydrogen-bond donors (Lipinski definition) is 2. The van der Waals surface area contributed by atoms with Gasteiger partial charge >= 0.3 is 0 Å². The number of nitrogens with zero attached hydrogens (tertiary/aromatic N) is 1. The molecule has 1 aromatic rings. The summed E-state index contributed by atoms with van der Waals surface area (Å²) in [6, 6.07) is 11.1. The summed E-state index contributed by atoms with van der Waals surface area (Å²) in [5, 5.41) is 3.37. The van der Waals surface area contributed by atoms with Gasteiger partial charge in [-0.1, -0.05) is 30.3 Å². The summed E-state index contributed by atoms with van der Waals surface area (Å²) in [4.78, 5) is 13.6. The van der Waals surface area contributed by atoms with Gasteiger partial charge in [-0.15, -0.1) is 0 Å². The van der Waals surface area contributed by atoms with Crippen LogP contribution in [-0.4, -0.2) is 43.0 Å². The van der Waals surface area contributed by atoms with E-state index in [4.69, 9.17) is 5.73 Å². The highest BCUT2D eigenvalue weighted by Crippen LogP contribution is 2.13. The predicted octanol–water partition coefficient (Wildman–Crippen LogP) is 1.55. The van der Waals surface area contributed by atoms with Gasteiger partial charge in [-0.3, -0.25) is 9.69 Å². The Morgan fingerprint density at radius 3 is 2.57 bits per heavy atom. The van der Waals surface area contributed by atoms with Crippen LogP contribution in [0.3, 0.4) is 0 Å². The standard InChI is InChI=1S/C17H27N3O/c18-17(21)14-20(16-9-11-19-12-10-16)13-5-4-8-15-6-2-1-3-7-15/h1-3,6-7,16,19H,4-5,8-14H2,(H2,18,21). The molecule has 0 radical (unpaired) electrons. The molecule has 21 heavy (non-hydrogen) atoms. The molecule has 116 valence electrons. The number of piperidine rings is 1. The van der Waals surface area contributed by atoms with Crippen LogP contribution in [0.1, 0.15) is 31.2 Å². The molecule has 1 aliphatic heterocycles. The molecule has 1 heterocycles. The maximum absolute atomic E-state index is 11.3. The second-order valence-electron chi connectivity index (χ2n) is 5.86. The molecule has 0 spiro atoms. The van der Waals surface area contributed by atoms with Crippen molar-refractivity contribution >= 4 is 5.91 Å². The zero-order valence-electron chi connectivity index (χ0n) is 12.8. The fraction of sp³-hybridized carbons (Fsp3) is 0.588. The van der Waals surface area contributed by atoms with E-state index in [1.807, 2.05) is 0 Å². The molecule has 2 rings (SSSR count). The monoisotopic (exact) mass is 289 g/mol. The molecule has 0 saturated carbocycles. The number of carbonyl (C=O) groups excluding carboxylic acids is 1. The van der Waals surface area contributed by atoms with Gasteiger partial charge in [0, 0.05) is 6.04 Å². The lowest BCUT2D eigenvalue weighted by molar-refractivity contribution is -0.119. The maximum atomic E-state index is 11.3. The van der Waals surface area contributed by atoms with E-state index in [-0.39, 0.29) is 5.91 Å². The molecule has 4 nitrogen and oxygen atoms in total. The van der Waals surface area contributed by atoms with Crippen molar-refractivity contribution in [2.45, 2.75) is 38.1 Å². The maximum Gasteiger partial charge on any atom is 0.231 e. The summed E-state index contributed by atoms with van der Waals surface area (Å²) >= 11 is 0. The van der Waals surface area contributed by atoms with Crippen molar-refractivity contribution in [3.05, 3.63) is 35.9 Å². The van der Waals surface area contributed by atoms with Gasteiger partial charge in [0.1, 0.15) is 0 Å². The van der Waals surface area contributed by atoms with E-state index in [1.54, 1.807) is 0 Å². The number of rotatable bonds is 8. The van der Waals surface area contributed by atoms with E-state index in [0.29, 0.717) is 12.6 Å². The molecule has 1 aromatic carbocycles. The van der Waals surface area contributed by atoms with Crippen LogP contribution in [0.5, 0.6) is 0 Å². The lowest BCUT2D eigenvalue weighted by Crippen LogP contribution is -2.46. The van der Waals surface area contributed by atoms with E-state index in [0.717, 1.165) is 51.7 Å². The van der Waals surface area contributed by atoms with Crippen molar-refractivity contribution in [2.24, 2.45) is 5.73 Å². The molecule has 3 N–H and O–H groups in total. The molecule has 0 aliphatic carbocycles. The fourth-order valence-electron chi connectivity index (χ4n) is 3.05. The normalized spacial score (nSPS) is 16.2. The van der Waals surface area contributed by atoms with Gasteiger partial charge in [0.05, 0.1) is 6.54 Å². The van der Waals surface area contributed by atoms with Crippen LogP contribution in [0.25, 0.3) is 0 Å². The first-order valence-corrected chi connectivity index (χ1v) is 8.02. The highest BCUT2D eigenvalue weighted by molar-refractivity contribution is 5.75. The highest BCUT2D eigenvalue weighted by atomic mass is 16.1. The number of hydrogen-bond acceptors (Lipinski definition) is 3. The largest absolute Gasteiger partial charge is 0.369 e. The Hall–Kier alpha value is -1.39. The summed E-state index contributed by atoms with van der Waals surface area (Å²) < 4.78 is 0. The van der Waals surface area contributed by atoms with Crippen molar-refractivity contribution in [1.29, 1.82) is 0 Å². The third kappa shape index (κ3) is 5.86. The Balaban J connectivity index is 1.74. The minimum absolute atomic E-state index is 0.211. The van der Waals surface area contributed by atoms with Gasteiger partial charge < -0.3 is 11.1 Å². The van der Waals surface area contributed by atoms with Crippen molar-refractivity contribution in [3.8, 4) is 0 Å². The van der Waals surface area contributed by atoms with Crippen molar-refractivity contribution < 1.29 is 4.79 Å². The van der Waals surface area contributed by atoms with Gasteiger partial charge in [-0.25, -0.2) is 0 Å². The average molecular weight is 289 g/mol. The van der Waals surface area contributed by atoms with E-state index < -0.39 is 0 Å². The summed E-state index contributed by atoms with van der Waals surface area (Å²) in [6.45, 7) is 3.46. The summed E-state index contributed by atoms with van der Waals surface area (Å²) in [7, 11) is 0. The molecule has 1 aliphatic rings. The number of aryl methyl sites for hydroxylation is 1. The second kappa shape index (κ2) is 8.80. The van der Waals surface area contributed by atoms with Crippen LogP contribution in [0.2, 0.25) is 0 Å². The molecular weight excluding hydrogens is 262 g/mol. The Morgan fingerprint density at radius 2 is 1.90 bits per heavy atom. The van der Waals surface area contributed by atoms with Crippen molar-refractivity contribution in [3.63, 3.8) is 0 Å². The first-order chi connectivity index (χ1) is 10.3. The van der Waals surface area contributed by atoms with Crippen LogP contribution in [0.4, 0.5) is 0 Å². The van der Waals surface area contributed by atoms with Gasteiger partial charge in [0.25, 0.3) is 0 Å². The Kier molecular flexibility index (Phi) is 6.70. The lowest BCUT2D eigenvalue weighted by Gasteiger charge is -2.33. The molecule has 0 bridgehead atoms. The van der Waals surface area contributed by atoms with Crippen LogP contribution in [0, 0.1) is 0 Å². The number of benzene rings is 1. The summed E-state index contributed by atoms with van der Waals surface area (Å²) in [5.41, 5.74) is 6.79. The Bertz CT molecular complexity index is 415. The van der Waals surface area contributed by atoms with Crippen molar-refractivity contribution in [1.82, 2.24) is 10.2 Å². The van der Waals surface area contributed by atoms with Gasteiger partial charge in [0.15, 0.2) is 0 Å². The molecular formula is C17H27N3O. The van der Waals surface area contributed by atoms with Crippen molar-refractivity contribution in [2.75, 3.05) is 26.2 Å². The number of nitrogens with one attached hydrogen (secondary N) is 1. The molecule has 0 aromatic heterocycles. The van der Waals surface area contributed by atoms with E-state index in [9.17, 15) is 4.79 Å². The van der Waals surface area contributed by atoms with Crippen LogP contribution in [0.15, 0.2) is 30.3 Å². The fourth-order valence-corrected chi connectivity index (χ4v) is 3.05. The number of primary amides is 1. The van der Waals surface area contributed by atoms with Crippen LogP contribution < -0.4 is 11.1 Å². The molecule has 4 heteroatoms. The van der Waals surface area contributed by atoms with Gasteiger partial charge in [-0.2, -0.15) is 0 Å². The quantitative estimate of drug-likeness (QED) is 0.714. The second-order valence-corrected chi connectivity index (χ2v) is 5.86. The third-order valence-corrected chi connectivity index (χ3v) is 4.19. The molecule has 1 saturated heterocycles. The zero-order valence-corrected chi connectivity index (χ0v) is 12.8. The Labute approximate surface area is 127 Å². The molecule has 1 fully saturated rings. The summed E-state index contributed by atoms with van der Waals surface area (Å²) in [5.74, 6) is -0.211. The first-order valence-electron chi connectivity index (χ1n) is 8.02. The molecule has 0 unspecified atom stereocenters. The van der Waals surface area contributed by atoms with Gasteiger partial charge in [-0.05, 0) is 57.3 Å². The lowest BCUT2D eigenvalue weighted by atomic mass is 10.0. The van der Waals surface area contributed by atoms with E-state index >= 15 is 0 Å². The topological polar surface area (TPSA) is 58.4 Å². The summed E-state index contributed by atoms with van der Waals surface area (Å²) in [6.07, 6.45) is 5.62. The third-order valence-electron chi connectivity index (χ3n) is 4.19. The van der Waals surface area contributed by atoms with Gasteiger partial charge in [0.2, 0.25) is 5.91 Å². The van der Waals surface area contributed by atoms with E-state index in [1.165, 1.54) is 5.56 Å². The predicted molar refractivity (Wildman–Crippen MR) is 86.0 cm³/mol. The molecule has 1 amide bonds. The zero-order chi connectivity index (χ0) is 14.9. The first kappa shape index (κ1) is 16.0. The number of unbranched alkanes of at least 4 members (excludes halogenated alkanes) is 1. The minimum Gasteiger partial charge on any atom is -0.369 e. The number of carbonyl (C=O) groups is 1. The number of amides is 1. The minimum atomic E-state index is -0.211. The Morgan fingerprint density at radius 1 is 1.19 bits per heavy atom. The SMILES string of the molecule is NC(=O)CN(CCCCc1ccccc1)C1CCNCC1. The average Bonchev–Trinajstić information content (AvgIpc) is 2.52.